The first-order valence-corrected chi connectivity index (χ1v) is 10.5. The topological polar surface area (TPSA) is 90.5 Å². The fraction of sp³-hybridized carbons (Fsp3) is 0.160. The van der Waals surface area contributed by atoms with E-state index in [0.29, 0.717) is 35.6 Å². The fourth-order valence-corrected chi connectivity index (χ4v) is 3.51. The summed E-state index contributed by atoms with van der Waals surface area (Å²) in [5, 5.41) is 8.34. The largest absolute Gasteiger partial charge is 0.338 e. The maximum absolute atomic E-state index is 12.5. The minimum Gasteiger partial charge on any atom is -0.338 e. The molecule has 0 bridgehead atoms. The normalized spacial score (nSPS) is 13.0. The summed E-state index contributed by atoms with van der Waals surface area (Å²) in [6, 6.07) is 23.0. The van der Waals surface area contributed by atoms with Crippen molar-refractivity contribution in [2.75, 3.05) is 22.5 Å². The van der Waals surface area contributed by atoms with E-state index >= 15 is 0 Å². The number of hydrogen-bond acceptors (Lipinski definition) is 3. The quantitative estimate of drug-likeness (QED) is 0.531. The first-order valence-electron chi connectivity index (χ1n) is 10.5. The van der Waals surface area contributed by atoms with Crippen molar-refractivity contribution in [2.45, 2.75) is 19.4 Å². The molecule has 4 rings (SSSR count). The first-order chi connectivity index (χ1) is 15.6. The highest BCUT2D eigenvalue weighted by Crippen LogP contribution is 2.17. The smallest absolute Gasteiger partial charge is 0.323 e. The zero-order valence-electron chi connectivity index (χ0n) is 17.5. The van der Waals surface area contributed by atoms with Gasteiger partial charge in [-0.15, -0.1) is 0 Å². The van der Waals surface area contributed by atoms with E-state index in [0.717, 1.165) is 18.5 Å². The molecule has 0 aliphatic carbocycles. The van der Waals surface area contributed by atoms with Gasteiger partial charge in [-0.05, 0) is 60.5 Å². The molecule has 32 heavy (non-hydrogen) atoms. The lowest BCUT2D eigenvalue weighted by Gasteiger charge is -2.15. The Kier molecular flexibility index (Phi) is 6.46. The average molecular weight is 428 g/mol. The van der Waals surface area contributed by atoms with Gasteiger partial charge >= 0.3 is 6.03 Å². The van der Waals surface area contributed by atoms with E-state index in [2.05, 4.69) is 16.0 Å². The molecule has 0 atom stereocenters. The highest BCUT2D eigenvalue weighted by atomic mass is 16.2. The molecule has 3 N–H and O–H groups in total. The minimum absolute atomic E-state index is 0.183. The molecule has 4 amide bonds. The summed E-state index contributed by atoms with van der Waals surface area (Å²) in [6.45, 7) is 1.37. The van der Waals surface area contributed by atoms with Crippen LogP contribution in [0.5, 0.6) is 0 Å². The minimum atomic E-state index is -0.344. The van der Waals surface area contributed by atoms with Gasteiger partial charge in [-0.3, -0.25) is 9.59 Å². The number of nitrogens with one attached hydrogen (secondary N) is 3. The van der Waals surface area contributed by atoms with E-state index in [1.807, 2.05) is 35.2 Å². The second-order valence-electron chi connectivity index (χ2n) is 7.59. The number of carbonyl (C=O) groups is 3. The predicted molar refractivity (Wildman–Crippen MR) is 125 cm³/mol. The summed E-state index contributed by atoms with van der Waals surface area (Å²) in [5.74, 6) is -0.0429. The average Bonchev–Trinajstić information content (AvgIpc) is 3.20. The number of amides is 4. The second kappa shape index (κ2) is 9.78. The highest BCUT2D eigenvalue weighted by molar-refractivity contribution is 6.04. The van der Waals surface area contributed by atoms with Gasteiger partial charge in [-0.25, -0.2) is 4.79 Å². The van der Waals surface area contributed by atoms with Gasteiger partial charge in [0.05, 0.1) is 0 Å². The zero-order chi connectivity index (χ0) is 22.3. The van der Waals surface area contributed by atoms with Gasteiger partial charge in [-0.1, -0.05) is 30.3 Å². The SMILES string of the molecule is O=C(Nc1ccccc1)Nc1ccc(NC(=O)c2ccc(CN3CCCC3=O)cc2)cc1. The molecule has 0 unspecified atom stereocenters. The molecule has 0 spiro atoms. The van der Waals surface area contributed by atoms with E-state index in [1.54, 1.807) is 48.5 Å². The fourth-order valence-electron chi connectivity index (χ4n) is 3.51. The molecule has 1 fully saturated rings. The molecule has 1 aliphatic heterocycles. The Morgan fingerprint density at radius 1 is 0.750 bits per heavy atom. The lowest BCUT2D eigenvalue weighted by atomic mass is 10.1. The summed E-state index contributed by atoms with van der Waals surface area (Å²) < 4.78 is 0. The molecule has 3 aromatic rings. The molecule has 1 aliphatic rings. The third kappa shape index (κ3) is 5.51. The molecule has 3 aromatic carbocycles. The van der Waals surface area contributed by atoms with Crippen molar-refractivity contribution in [1.82, 2.24) is 4.90 Å². The molecule has 1 heterocycles. The molecule has 1 saturated heterocycles. The molecule has 0 radical (unpaired) electrons. The summed E-state index contributed by atoms with van der Waals surface area (Å²) in [7, 11) is 0. The summed E-state index contributed by atoms with van der Waals surface area (Å²) in [6.07, 6.45) is 1.53. The Morgan fingerprint density at radius 3 is 1.94 bits per heavy atom. The van der Waals surface area contributed by atoms with Crippen molar-refractivity contribution in [2.24, 2.45) is 0 Å². The maximum atomic E-state index is 12.5. The summed E-state index contributed by atoms with van der Waals surface area (Å²) >= 11 is 0. The number of urea groups is 1. The molecule has 0 saturated carbocycles. The lowest BCUT2D eigenvalue weighted by molar-refractivity contribution is -0.128. The molecule has 0 aromatic heterocycles. The van der Waals surface area contributed by atoms with Crippen LogP contribution in [0.25, 0.3) is 0 Å². The standard InChI is InChI=1S/C25H24N4O3/c30-23-7-4-16-29(23)17-18-8-10-19(11-9-18)24(31)26-21-12-14-22(15-13-21)28-25(32)27-20-5-2-1-3-6-20/h1-3,5-6,8-15H,4,7,16-17H2,(H,26,31)(H2,27,28,32). The predicted octanol–water partition coefficient (Wildman–Crippen LogP) is 4.71. The molecule has 162 valence electrons. The van der Waals surface area contributed by atoms with Crippen molar-refractivity contribution in [1.29, 1.82) is 0 Å². The highest BCUT2D eigenvalue weighted by Gasteiger charge is 2.20. The molecule has 7 heteroatoms. The van der Waals surface area contributed by atoms with E-state index in [-0.39, 0.29) is 17.8 Å². The first kappa shape index (κ1) is 21.1. The third-order valence-electron chi connectivity index (χ3n) is 5.19. The number of carbonyl (C=O) groups excluding carboxylic acids is 3. The van der Waals surface area contributed by atoms with Crippen LogP contribution in [0.2, 0.25) is 0 Å². The van der Waals surface area contributed by atoms with Crippen LogP contribution in [0, 0.1) is 0 Å². The van der Waals surface area contributed by atoms with Crippen molar-refractivity contribution in [3.63, 3.8) is 0 Å². The number of likely N-dealkylation sites (tertiary alicyclic amines) is 1. The van der Waals surface area contributed by atoms with Crippen LogP contribution in [0.3, 0.4) is 0 Å². The Bertz CT molecular complexity index is 1100. The van der Waals surface area contributed by atoms with Crippen LogP contribution in [0.1, 0.15) is 28.8 Å². The van der Waals surface area contributed by atoms with Crippen LogP contribution in [0.4, 0.5) is 21.9 Å². The number of benzene rings is 3. The second-order valence-corrected chi connectivity index (χ2v) is 7.59. The summed E-state index contributed by atoms with van der Waals surface area (Å²) in [4.78, 5) is 38.2. The summed E-state index contributed by atoms with van der Waals surface area (Å²) in [5.41, 5.74) is 3.46. The van der Waals surface area contributed by atoms with Gasteiger partial charge in [-0.2, -0.15) is 0 Å². The van der Waals surface area contributed by atoms with Crippen LogP contribution < -0.4 is 16.0 Å². The Balaban J connectivity index is 1.29. The van der Waals surface area contributed by atoms with E-state index in [4.69, 9.17) is 0 Å². The number of nitrogens with zero attached hydrogens (tertiary/aromatic N) is 1. The number of rotatable bonds is 6. The van der Waals surface area contributed by atoms with E-state index in [1.165, 1.54) is 0 Å². The molecule has 7 nitrogen and oxygen atoms in total. The van der Waals surface area contributed by atoms with Crippen molar-refractivity contribution >= 4 is 34.9 Å². The van der Waals surface area contributed by atoms with Crippen molar-refractivity contribution in [3.05, 3.63) is 90.0 Å². The third-order valence-corrected chi connectivity index (χ3v) is 5.19. The van der Waals surface area contributed by atoms with E-state index < -0.39 is 0 Å². The molecular formula is C25H24N4O3. The van der Waals surface area contributed by atoms with Gasteiger partial charge in [0.2, 0.25) is 5.91 Å². The Hall–Kier alpha value is -4.13. The van der Waals surface area contributed by atoms with Gasteiger partial charge < -0.3 is 20.9 Å². The lowest BCUT2D eigenvalue weighted by Crippen LogP contribution is -2.23. The Labute approximate surface area is 186 Å². The van der Waals surface area contributed by atoms with Gasteiger partial charge in [0.15, 0.2) is 0 Å². The maximum Gasteiger partial charge on any atom is 0.323 e. The number of para-hydroxylation sites is 1. The number of anilines is 3. The molecular weight excluding hydrogens is 404 g/mol. The van der Waals surface area contributed by atoms with Crippen LogP contribution >= 0.6 is 0 Å². The van der Waals surface area contributed by atoms with Crippen LogP contribution in [0.15, 0.2) is 78.9 Å². The van der Waals surface area contributed by atoms with Crippen LogP contribution in [-0.4, -0.2) is 29.3 Å². The van der Waals surface area contributed by atoms with E-state index in [9.17, 15) is 14.4 Å². The van der Waals surface area contributed by atoms with Gasteiger partial charge in [0.25, 0.3) is 5.91 Å². The van der Waals surface area contributed by atoms with Crippen molar-refractivity contribution in [3.8, 4) is 0 Å². The van der Waals surface area contributed by atoms with Crippen molar-refractivity contribution < 1.29 is 14.4 Å². The monoisotopic (exact) mass is 428 g/mol. The van der Waals surface area contributed by atoms with Gasteiger partial charge in [0.1, 0.15) is 0 Å². The Morgan fingerprint density at radius 2 is 1.34 bits per heavy atom. The number of hydrogen-bond donors (Lipinski definition) is 3. The van der Waals surface area contributed by atoms with Gasteiger partial charge in [0, 0.05) is 42.1 Å². The zero-order valence-corrected chi connectivity index (χ0v) is 17.5. The van der Waals surface area contributed by atoms with Crippen LogP contribution in [-0.2, 0) is 11.3 Å².